The first kappa shape index (κ1) is 22.2. The van der Waals surface area contributed by atoms with Gasteiger partial charge in [0, 0.05) is 26.3 Å². The van der Waals surface area contributed by atoms with Crippen LogP contribution in [0.25, 0.3) is 0 Å². The van der Waals surface area contributed by atoms with Gasteiger partial charge in [-0.05, 0) is 56.4 Å². The van der Waals surface area contributed by atoms with Crippen molar-refractivity contribution in [2.75, 3.05) is 52.1 Å². The number of nitrogens with one attached hydrogen (secondary N) is 2. The molecule has 0 heterocycles. The van der Waals surface area contributed by atoms with E-state index in [1.807, 2.05) is 75.2 Å². The van der Waals surface area contributed by atoms with Crippen LogP contribution in [0.1, 0.15) is 17.2 Å². The van der Waals surface area contributed by atoms with Gasteiger partial charge in [-0.3, -0.25) is 9.59 Å². The van der Waals surface area contributed by atoms with Gasteiger partial charge in [0.15, 0.2) is 0 Å². The number of aryl methyl sites for hydroxylation is 1. The Hall–Kier alpha value is -3.06. The minimum absolute atomic E-state index is 0.0588. The number of ether oxygens (including phenoxy) is 1. The van der Waals surface area contributed by atoms with Crippen molar-refractivity contribution >= 4 is 23.2 Å². The molecule has 0 aromatic heterocycles. The summed E-state index contributed by atoms with van der Waals surface area (Å²) in [5, 5.41) is 5.35. The fourth-order valence-electron chi connectivity index (χ4n) is 2.96. The molecule has 2 amide bonds. The predicted molar refractivity (Wildman–Crippen MR) is 117 cm³/mol. The molecule has 0 aliphatic rings. The summed E-state index contributed by atoms with van der Waals surface area (Å²) in [4.78, 5) is 28.7. The predicted octanol–water partition coefficient (Wildman–Crippen LogP) is 2.43. The summed E-state index contributed by atoms with van der Waals surface area (Å²) in [6.07, 6.45) is 0. The molecule has 0 aliphatic carbocycles. The molecule has 0 saturated heterocycles. The van der Waals surface area contributed by atoms with Crippen molar-refractivity contribution < 1.29 is 14.3 Å². The average molecular weight is 399 g/mol. The molecule has 0 saturated carbocycles. The summed E-state index contributed by atoms with van der Waals surface area (Å²) in [6, 6.07) is 13.5. The van der Waals surface area contributed by atoms with E-state index in [1.165, 1.54) is 7.11 Å². The smallest absolute Gasteiger partial charge is 0.313 e. The van der Waals surface area contributed by atoms with Crippen LogP contribution in [0.4, 0.5) is 11.4 Å². The lowest BCUT2D eigenvalue weighted by molar-refractivity contribution is -0.136. The van der Waals surface area contributed by atoms with Gasteiger partial charge >= 0.3 is 11.8 Å². The molecule has 0 radical (unpaired) electrons. The van der Waals surface area contributed by atoms with E-state index >= 15 is 0 Å². The lowest BCUT2D eigenvalue weighted by atomic mass is 10.1. The van der Waals surface area contributed by atoms with E-state index < -0.39 is 11.8 Å². The molecule has 0 unspecified atom stereocenters. The van der Waals surface area contributed by atoms with Gasteiger partial charge in [0.1, 0.15) is 5.75 Å². The van der Waals surface area contributed by atoms with E-state index in [-0.39, 0.29) is 6.04 Å². The number of carbonyl (C=O) groups is 2. The minimum atomic E-state index is -0.727. The second-order valence-corrected chi connectivity index (χ2v) is 7.33. The average Bonchev–Trinajstić information content (AvgIpc) is 2.68. The number of hydrogen-bond donors (Lipinski definition) is 2. The fraction of sp³-hybridized carbons (Fsp3) is 0.364. The monoisotopic (exact) mass is 398 g/mol. The van der Waals surface area contributed by atoms with Crippen LogP contribution in [0.5, 0.6) is 5.75 Å². The molecule has 7 heteroatoms. The van der Waals surface area contributed by atoms with Crippen LogP contribution in [0.15, 0.2) is 42.5 Å². The van der Waals surface area contributed by atoms with Gasteiger partial charge in [-0.2, -0.15) is 0 Å². The quantitative estimate of drug-likeness (QED) is 0.701. The second kappa shape index (κ2) is 9.93. The molecule has 0 fully saturated rings. The van der Waals surface area contributed by atoms with Crippen molar-refractivity contribution in [2.24, 2.45) is 0 Å². The van der Waals surface area contributed by atoms with E-state index in [2.05, 4.69) is 10.6 Å². The van der Waals surface area contributed by atoms with Crippen LogP contribution in [-0.2, 0) is 9.59 Å². The van der Waals surface area contributed by atoms with E-state index in [1.54, 1.807) is 12.1 Å². The van der Waals surface area contributed by atoms with Crippen LogP contribution < -0.4 is 20.3 Å². The van der Waals surface area contributed by atoms with Gasteiger partial charge in [-0.15, -0.1) is 0 Å². The molecule has 0 bridgehead atoms. The zero-order chi connectivity index (χ0) is 21.6. The van der Waals surface area contributed by atoms with Crippen molar-refractivity contribution in [3.63, 3.8) is 0 Å². The van der Waals surface area contributed by atoms with Gasteiger partial charge in [0.25, 0.3) is 0 Å². The Morgan fingerprint density at radius 2 is 1.66 bits per heavy atom. The number of amides is 2. The van der Waals surface area contributed by atoms with Crippen molar-refractivity contribution in [3.8, 4) is 5.75 Å². The molecule has 2 aromatic carbocycles. The molecule has 0 spiro atoms. The fourth-order valence-corrected chi connectivity index (χ4v) is 2.96. The number of benzene rings is 2. The second-order valence-electron chi connectivity index (χ2n) is 7.33. The highest BCUT2D eigenvalue weighted by atomic mass is 16.5. The van der Waals surface area contributed by atoms with Crippen LogP contribution >= 0.6 is 0 Å². The zero-order valence-corrected chi connectivity index (χ0v) is 17.9. The maximum atomic E-state index is 12.3. The third-order valence-corrected chi connectivity index (χ3v) is 4.68. The zero-order valence-electron chi connectivity index (χ0n) is 17.9. The molecule has 0 aliphatic heterocycles. The maximum Gasteiger partial charge on any atom is 0.313 e. The standard InChI is InChI=1S/C22H30N4O3/c1-15-7-12-20(29-6)18(13-15)24-22(28)21(27)23-14-19(26(4)5)16-8-10-17(11-9-16)25(2)3/h7-13,19H,14H2,1-6H3,(H,23,27)(H,24,28)/t19-/m1/s1. The van der Waals surface area contributed by atoms with Gasteiger partial charge in [-0.1, -0.05) is 18.2 Å². The van der Waals surface area contributed by atoms with Crippen molar-refractivity contribution in [1.82, 2.24) is 10.2 Å². The number of anilines is 2. The lowest BCUT2D eigenvalue weighted by Crippen LogP contribution is -2.40. The SMILES string of the molecule is COc1ccc(C)cc1NC(=O)C(=O)NC[C@H](c1ccc(N(C)C)cc1)N(C)C. The van der Waals surface area contributed by atoms with Gasteiger partial charge < -0.3 is 25.2 Å². The summed E-state index contributed by atoms with van der Waals surface area (Å²) in [7, 11) is 9.37. The topological polar surface area (TPSA) is 73.9 Å². The Labute approximate surface area is 172 Å². The molecule has 156 valence electrons. The molecule has 2 rings (SSSR count). The van der Waals surface area contributed by atoms with Crippen LogP contribution in [0, 0.1) is 6.92 Å². The van der Waals surface area contributed by atoms with E-state index in [9.17, 15) is 9.59 Å². The Morgan fingerprint density at radius 1 is 1.00 bits per heavy atom. The molecule has 29 heavy (non-hydrogen) atoms. The molecule has 2 N–H and O–H groups in total. The summed E-state index contributed by atoms with van der Waals surface area (Å²) in [5.41, 5.74) is 3.58. The molecule has 1 atom stereocenters. The highest BCUT2D eigenvalue weighted by molar-refractivity contribution is 6.39. The summed E-state index contributed by atoms with van der Waals surface area (Å²) in [5.74, 6) is -0.913. The van der Waals surface area contributed by atoms with Crippen LogP contribution in [0.3, 0.4) is 0 Å². The number of carbonyl (C=O) groups excluding carboxylic acids is 2. The normalized spacial score (nSPS) is 11.7. The number of rotatable bonds is 7. The largest absolute Gasteiger partial charge is 0.495 e. The Morgan fingerprint density at radius 3 is 2.21 bits per heavy atom. The third-order valence-electron chi connectivity index (χ3n) is 4.68. The molecular weight excluding hydrogens is 368 g/mol. The van der Waals surface area contributed by atoms with Crippen molar-refractivity contribution in [2.45, 2.75) is 13.0 Å². The summed E-state index contributed by atoms with van der Waals surface area (Å²) >= 11 is 0. The highest BCUT2D eigenvalue weighted by Crippen LogP contribution is 2.25. The third kappa shape index (κ3) is 5.96. The van der Waals surface area contributed by atoms with Crippen LogP contribution in [-0.4, -0.2) is 58.6 Å². The lowest BCUT2D eigenvalue weighted by Gasteiger charge is -2.25. The summed E-state index contributed by atoms with van der Waals surface area (Å²) < 4.78 is 5.24. The van der Waals surface area contributed by atoms with Gasteiger partial charge in [0.05, 0.1) is 18.8 Å². The van der Waals surface area contributed by atoms with E-state index in [0.29, 0.717) is 18.0 Å². The maximum absolute atomic E-state index is 12.3. The van der Waals surface area contributed by atoms with Gasteiger partial charge in [-0.25, -0.2) is 0 Å². The minimum Gasteiger partial charge on any atom is -0.495 e. The van der Waals surface area contributed by atoms with E-state index in [4.69, 9.17) is 4.74 Å². The Bertz CT molecular complexity index is 848. The first-order valence-corrected chi connectivity index (χ1v) is 9.40. The number of hydrogen-bond acceptors (Lipinski definition) is 5. The highest BCUT2D eigenvalue weighted by Gasteiger charge is 2.20. The molecule has 2 aromatic rings. The van der Waals surface area contributed by atoms with Crippen molar-refractivity contribution in [3.05, 3.63) is 53.6 Å². The van der Waals surface area contributed by atoms with E-state index in [0.717, 1.165) is 16.8 Å². The first-order chi connectivity index (χ1) is 13.7. The number of methoxy groups -OCH3 is 1. The van der Waals surface area contributed by atoms with Gasteiger partial charge in [0.2, 0.25) is 0 Å². The Balaban J connectivity index is 2.03. The summed E-state index contributed by atoms with van der Waals surface area (Å²) in [6.45, 7) is 2.21. The number of nitrogens with zero attached hydrogens (tertiary/aromatic N) is 2. The van der Waals surface area contributed by atoms with Crippen LogP contribution in [0.2, 0.25) is 0 Å². The first-order valence-electron chi connectivity index (χ1n) is 9.40. The van der Waals surface area contributed by atoms with Crippen molar-refractivity contribution in [1.29, 1.82) is 0 Å². The molecule has 7 nitrogen and oxygen atoms in total. The Kier molecular flexibility index (Phi) is 7.61. The number of likely N-dealkylation sites (N-methyl/N-ethyl adjacent to an activating group) is 1. The molecular formula is C22H30N4O3.